The molecule has 0 aliphatic heterocycles. The van der Waals surface area contributed by atoms with E-state index in [1.807, 2.05) is 48.5 Å². The van der Waals surface area contributed by atoms with Gasteiger partial charge < -0.3 is 4.74 Å². The van der Waals surface area contributed by atoms with E-state index in [1.54, 1.807) is 6.07 Å². The van der Waals surface area contributed by atoms with E-state index >= 15 is 0 Å². The van der Waals surface area contributed by atoms with Crippen LogP contribution in [0.25, 0.3) is 10.9 Å². The van der Waals surface area contributed by atoms with E-state index in [-0.39, 0.29) is 0 Å². The Morgan fingerprint density at radius 3 is 2.76 bits per heavy atom. The van der Waals surface area contributed by atoms with Gasteiger partial charge in [-0.25, -0.2) is 4.98 Å². The highest BCUT2D eigenvalue weighted by molar-refractivity contribution is 9.10. The van der Waals surface area contributed by atoms with Gasteiger partial charge in [0.2, 0.25) is 5.88 Å². The van der Waals surface area contributed by atoms with E-state index in [1.165, 1.54) is 0 Å². The molecule has 0 atom stereocenters. The monoisotopic (exact) mass is 338 g/mol. The zero-order valence-corrected chi connectivity index (χ0v) is 12.7. The van der Waals surface area contributed by atoms with Crippen LogP contribution in [0.2, 0.25) is 0 Å². The summed E-state index contributed by atoms with van der Waals surface area (Å²) in [5.41, 5.74) is 2.38. The summed E-state index contributed by atoms with van der Waals surface area (Å²) in [6, 6.07) is 19.3. The van der Waals surface area contributed by atoms with Gasteiger partial charge in [-0.1, -0.05) is 46.3 Å². The third-order valence-corrected chi connectivity index (χ3v) is 3.58. The van der Waals surface area contributed by atoms with E-state index < -0.39 is 0 Å². The van der Waals surface area contributed by atoms with Crippen LogP contribution in [0, 0.1) is 11.3 Å². The molecule has 0 spiro atoms. The topological polar surface area (TPSA) is 45.9 Å². The Morgan fingerprint density at radius 2 is 1.95 bits per heavy atom. The molecule has 0 saturated carbocycles. The van der Waals surface area contributed by atoms with Crippen LogP contribution in [0.1, 0.15) is 11.1 Å². The number of nitriles is 1. The minimum atomic E-state index is 0.412. The van der Waals surface area contributed by atoms with Crippen molar-refractivity contribution in [3.63, 3.8) is 0 Å². The quantitative estimate of drug-likeness (QED) is 0.708. The van der Waals surface area contributed by atoms with Gasteiger partial charge in [-0.2, -0.15) is 5.26 Å². The third kappa shape index (κ3) is 3.04. The molecule has 0 bridgehead atoms. The number of nitrogens with zero attached hydrogens (tertiary/aromatic N) is 2. The molecule has 0 aliphatic carbocycles. The molecule has 102 valence electrons. The van der Waals surface area contributed by atoms with Gasteiger partial charge in [0.1, 0.15) is 12.7 Å². The van der Waals surface area contributed by atoms with Crippen LogP contribution in [-0.2, 0) is 6.61 Å². The Hall–Kier alpha value is -2.38. The molecule has 3 aromatic rings. The SMILES string of the molecule is N#Cc1cc(OCc2cccc(Br)c2)nc2ccccc12. The van der Waals surface area contributed by atoms with Gasteiger partial charge in [0.05, 0.1) is 11.1 Å². The number of para-hydroxylation sites is 1. The standard InChI is InChI=1S/C17H11BrN2O/c18-14-5-3-4-12(8-14)11-21-17-9-13(10-19)15-6-1-2-7-16(15)20-17/h1-9H,11H2. The molecule has 21 heavy (non-hydrogen) atoms. The summed E-state index contributed by atoms with van der Waals surface area (Å²) in [7, 11) is 0. The summed E-state index contributed by atoms with van der Waals surface area (Å²) in [5, 5.41) is 10.1. The molecule has 3 nitrogen and oxygen atoms in total. The largest absolute Gasteiger partial charge is 0.473 e. The summed E-state index contributed by atoms with van der Waals surface area (Å²) >= 11 is 3.43. The summed E-state index contributed by atoms with van der Waals surface area (Å²) in [5.74, 6) is 0.463. The van der Waals surface area contributed by atoms with Gasteiger partial charge in [0.15, 0.2) is 0 Å². The molecule has 1 heterocycles. The molecule has 0 radical (unpaired) electrons. The summed E-state index contributed by atoms with van der Waals surface area (Å²) < 4.78 is 6.72. The van der Waals surface area contributed by atoms with Crippen molar-refractivity contribution in [1.82, 2.24) is 4.98 Å². The summed E-state index contributed by atoms with van der Waals surface area (Å²) in [6.07, 6.45) is 0. The fraction of sp³-hybridized carbons (Fsp3) is 0.0588. The lowest BCUT2D eigenvalue weighted by Gasteiger charge is -2.08. The highest BCUT2D eigenvalue weighted by Gasteiger charge is 2.06. The van der Waals surface area contributed by atoms with Crippen LogP contribution >= 0.6 is 15.9 Å². The molecule has 0 N–H and O–H groups in total. The molecule has 0 aliphatic rings. The van der Waals surface area contributed by atoms with Crippen LogP contribution in [0.4, 0.5) is 0 Å². The van der Waals surface area contributed by atoms with Crippen molar-refractivity contribution in [3.8, 4) is 11.9 Å². The predicted octanol–water partition coefficient (Wildman–Crippen LogP) is 4.45. The number of hydrogen-bond donors (Lipinski definition) is 0. The molecule has 3 rings (SSSR count). The number of benzene rings is 2. The van der Waals surface area contributed by atoms with Crippen LogP contribution < -0.4 is 4.74 Å². The highest BCUT2D eigenvalue weighted by atomic mass is 79.9. The van der Waals surface area contributed by atoms with Gasteiger partial charge in [-0.15, -0.1) is 0 Å². The Morgan fingerprint density at radius 1 is 1.10 bits per heavy atom. The maximum Gasteiger partial charge on any atom is 0.215 e. The first-order valence-electron chi connectivity index (χ1n) is 6.43. The number of hydrogen-bond acceptors (Lipinski definition) is 3. The van der Waals surface area contributed by atoms with E-state index in [4.69, 9.17) is 4.74 Å². The molecular formula is C17H11BrN2O. The van der Waals surface area contributed by atoms with Crippen molar-refractivity contribution in [2.24, 2.45) is 0 Å². The number of fused-ring (bicyclic) bond motifs is 1. The maximum absolute atomic E-state index is 9.24. The van der Waals surface area contributed by atoms with E-state index in [0.29, 0.717) is 18.1 Å². The molecule has 0 amide bonds. The average molecular weight is 339 g/mol. The second-order valence-corrected chi connectivity index (χ2v) is 5.47. The molecule has 0 saturated heterocycles. The van der Waals surface area contributed by atoms with Crippen molar-refractivity contribution in [2.75, 3.05) is 0 Å². The molecule has 1 aromatic heterocycles. The molecule has 4 heteroatoms. The Kier molecular flexibility index (Phi) is 3.85. The van der Waals surface area contributed by atoms with E-state index in [9.17, 15) is 5.26 Å². The van der Waals surface area contributed by atoms with Gasteiger partial charge in [0.25, 0.3) is 0 Å². The molecule has 0 fully saturated rings. The Balaban J connectivity index is 1.89. The van der Waals surface area contributed by atoms with Crippen molar-refractivity contribution >= 4 is 26.8 Å². The van der Waals surface area contributed by atoms with Crippen molar-refractivity contribution in [2.45, 2.75) is 6.61 Å². The number of pyridine rings is 1. The minimum absolute atomic E-state index is 0.412. The van der Waals surface area contributed by atoms with Crippen LogP contribution in [-0.4, -0.2) is 4.98 Å². The van der Waals surface area contributed by atoms with Crippen molar-refractivity contribution in [3.05, 3.63) is 70.2 Å². The average Bonchev–Trinajstić information content (AvgIpc) is 2.52. The van der Waals surface area contributed by atoms with E-state index in [0.717, 1.165) is 20.9 Å². The normalized spacial score (nSPS) is 10.3. The van der Waals surface area contributed by atoms with Crippen molar-refractivity contribution < 1.29 is 4.74 Å². The fourth-order valence-corrected chi connectivity index (χ4v) is 2.55. The third-order valence-electron chi connectivity index (χ3n) is 3.09. The lowest BCUT2D eigenvalue weighted by atomic mass is 10.1. The lowest BCUT2D eigenvalue weighted by molar-refractivity contribution is 0.295. The number of halogens is 1. The van der Waals surface area contributed by atoms with Crippen molar-refractivity contribution in [1.29, 1.82) is 5.26 Å². The molecule has 0 unspecified atom stereocenters. The predicted molar refractivity (Wildman–Crippen MR) is 84.9 cm³/mol. The Bertz CT molecular complexity index is 840. The second-order valence-electron chi connectivity index (χ2n) is 4.56. The summed E-state index contributed by atoms with van der Waals surface area (Å²) in [6.45, 7) is 0.412. The first kappa shape index (κ1) is 13.6. The minimum Gasteiger partial charge on any atom is -0.473 e. The van der Waals surface area contributed by atoms with Crippen LogP contribution in [0.15, 0.2) is 59.1 Å². The molecular weight excluding hydrogens is 328 g/mol. The lowest BCUT2D eigenvalue weighted by Crippen LogP contribution is -1.98. The maximum atomic E-state index is 9.24. The fourth-order valence-electron chi connectivity index (χ4n) is 2.10. The first-order valence-corrected chi connectivity index (χ1v) is 7.23. The van der Waals surface area contributed by atoms with Gasteiger partial charge in [-0.3, -0.25) is 0 Å². The van der Waals surface area contributed by atoms with E-state index in [2.05, 4.69) is 27.0 Å². The Labute approximate surface area is 130 Å². The second kappa shape index (κ2) is 5.94. The zero-order chi connectivity index (χ0) is 14.7. The van der Waals surface area contributed by atoms with Crippen LogP contribution in [0.3, 0.4) is 0 Å². The van der Waals surface area contributed by atoms with Gasteiger partial charge >= 0.3 is 0 Å². The van der Waals surface area contributed by atoms with Crippen LogP contribution in [0.5, 0.6) is 5.88 Å². The smallest absolute Gasteiger partial charge is 0.215 e. The number of ether oxygens (including phenoxy) is 1. The van der Waals surface area contributed by atoms with Gasteiger partial charge in [0, 0.05) is 15.9 Å². The first-order chi connectivity index (χ1) is 10.3. The summed E-state index contributed by atoms with van der Waals surface area (Å²) in [4.78, 5) is 4.44. The number of aromatic nitrogens is 1. The molecule has 2 aromatic carbocycles. The number of rotatable bonds is 3. The zero-order valence-electron chi connectivity index (χ0n) is 11.1. The highest BCUT2D eigenvalue weighted by Crippen LogP contribution is 2.22. The van der Waals surface area contributed by atoms with Gasteiger partial charge in [-0.05, 0) is 23.8 Å².